The second-order valence-corrected chi connectivity index (χ2v) is 4.34. The van der Waals surface area contributed by atoms with E-state index in [0.29, 0.717) is 13.1 Å². The fourth-order valence-corrected chi connectivity index (χ4v) is 1.52. The van der Waals surface area contributed by atoms with E-state index in [1.807, 2.05) is 50.3 Å². The Balaban J connectivity index is 2.60. The van der Waals surface area contributed by atoms with Crippen LogP contribution in [0.1, 0.15) is 5.56 Å². The molecule has 4 heteroatoms. The van der Waals surface area contributed by atoms with Crippen molar-refractivity contribution in [3.05, 3.63) is 29.8 Å². The molecule has 1 aromatic carbocycles. The van der Waals surface area contributed by atoms with Gasteiger partial charge in [-0.1, -0.05) is 12.1 Å². The van der Waals surface area contributed by atoms with E-state index in [1.165, 1.54) is 0 Å². The number of methoxy groups -OCH3 is 1. The molecule has 1 rings (SSSR count). The Kier molecular flexibility index (Phi) is 4.97. The highest BCUT2D eigenvalue weighted by atomic mass is 16.5. The molecule has 94 valence electrons. The lowest BCUT2D eigenvalue weighted by molar-refractivity contribution is -0.131. The molecule has 0 heterocycles. The van der Waals surface area contributed by atoms with E-state index < -0.39 is 0 Å². The number of nitrogens with zero attached hydrogens (tertiary/aromatic N) is 2. The van der Waals surface area contributed by atoms with Crippen LogP contribution in [-0.2, 0) is 11.3 Å². The highest BCUT2D eigenvalue weighted by molar-refractivity contribution is 5.77. The van der Waals surface area contributed by atoms with Crippen molar-refractivity contribution in [3.8, 4) is 5.75 Å². The van der Waals surface area contributed by atoms with Gasteiger partial charge in [-0.2, -0.15) is 0 Å². The molecule has 0 radical (unpaired) electrons. The van der Waals surface area contributed by atoms with Crippen LogP contribution in [0.25, 0.3) is 0 Å². The molecule has 1 amide bonds. The van der Waals surface area contributed by atoms with Gasteiger partial charge in [-0.15, -0.1) is 0 Å². The van der Waals surface area contributed by atoms with Crippen LogP contribution in [0, 0.1) is 0 Å². The molecule has 17 heavy (non-hydrogen) atoms. The first-order valence-electron chi connectivity index (χ1n) is 5.54. The lowest BCUT2D eigenvalue weighted by Crippen LogP contribution is -2.34. The average molecular weight is 236 g/mol. The van der Waals surface area contributed by atoms with Crippen LogP contribution >= 0.6 is 0 Å². The quantitative estimate of drug-likeness (QED) is 0.770. The predicted molar refractivity (Wildman–Crippen MR) is 68.0 cm³/mol. The lowest BCUT2D eigenvalue weighted by atomic mass is 10.2. The molecule has 0 aliphatic heterocycles. The first-order chi connectivity index (χ1) is 8.02. The van der Waals surface area contributed by atoms with Crippen LogP contribution in [0.5, 0.6) is 5.75 Å². The molecule has 1 aromatic rings. The first-order valence-corrected chi connectivity index (χ1v) is 5.54. The molecule has 0 saturated heterocycles. The zero-order chi connectivity index (χ0) is 12.8. The molecule has 0 spiro atoms. The van der Waals surface area contributed by atoms with Crippen molar-refractivity contribution in [1.29, 1.82) is 0 Å². The van der Waals surface area contributed by atoms with Crippen molar-refractivity contribution in [2.24, 2.45) is 0 Å². The Hall–Kier alpha value is -1.55. The second-order valence-electron chi connectivity index (χ2n) is 4.34. The summed E-state index contributed by atoms with van der Waals surface area (Å²) in [5.41, 5.74) is 1.07. The molecule has 0 aromatic heterocycles. The summed E-state index contributed by atoms with van der Waals surface area (Å²) in [4.78, 5) is 15.3. The van der Waals surface area contributed by atoms with E-state index >= 15 is 0 Å². The minimum atomic E-state index is 0.109. The zero-order valence-electron chi connectivity index (χ0n) is 10.9. The predicted octanol–water partition coefficient (Wildman–Crippen LogP) is 1.22. The third kappa shape index (κ3) is 4.44. The largest absolute Gasteiger partial charge is 0.497 e. The maximum absolute atomic E-state index is 11.8. The van der Waals surface area contributed by atoms with Gasteiger partial charge in [-0.25, -0.2) is 0 Å². The van der Waals surface area contributed by atoms with Gasteiger partial charge in [0.1, 0.15) is 5.75 Å². The molecule has 0 fully saturated rings. The van der Waals surface area contributed by atoms with Crippen LogP contribution in [0.2, 0.25) is 0 Å². The van der Waals surface area contributed by atoms with Crippen molar-refractivity contribution in [2.45, 2.75) is 6.54 Å². The molecular weight excluding hydrogens is 216 g/mol. The molecule has 0 atom stereocenters. The Morgan fingerprint density at radius 1 is 1.29 bits per heavy atom. The van der Waals surface area contributed by atoms with Crippen molar-refractivity contribution < 1.29 is 9.53 Å². The van der Waals surface area contributed by atoms with Crippen molar-refractivity contribution >= 4 is 5.91 Å². The Bertz CT molecular complexity index is 377. The molecule has 0 aliphatic rings. The van der Waals surface area contributed by atoms with Crippen LogP contribution in [0.15, 0.2) is 24.3 Å². The number of amides is 1. The van der Waals surface area contributed by atoms with Crippen LogP contribution < -0.4 is 4.74 Å². The van der Waals surface area contributed by atoms with Gasteiger partial charge in [0.25, 0.3) is 0 Å². The molecule has 0 aliphatic carbocycles. The van der Waals surface area contributed by atoms with E-state index in [0.717, 1.165) is 11.3 Å². The molecular formula is C13H20N2O2. The number of rotatable bonds is 5. The number of carbonyl (C=O) groups excluding carboxylic acids is 1. The third-order valence-corrected chi connectivity index (χ3v) is 2.43. The SMILES string of the molecule is COc1cccc(CN(C)C(=O)CN(C)C)c1. The fourth-order valence-electron chi connectivity index (χ4n) is 1.52. The summed E-state index contributed by atoms with van der Waals surface area (Å²) in [6.07, 6.45) is 0. The van der Waals surface area contributed by atoms with Crippen molar-refractivity contribution in [3.63, 3.8) is 0 Å². The minimum Gasteiger partial charge on any atom is -0.497 e. The summed E-state index contributed by atoms with van der Waals surface area (Å²) < 4.78 is 5.15. The Labute approximate surface area is 103 Å². The van der Waals surface area contributed by atoms with Gasteiger partial charge in [-0.3, -0.25) is 4.79 Å². The molecule has 0 saturated carbocycles. The van der Waals surface area contributed by atoms with Crippen molar-refractivity contribution in [2.75, 3.05) is 34.8 Å². The van der Waals surface area contributed by atoms with Gasteiger partial charge in [0.15, 0.2) is 0 Å². The number of likely N-dealkylation sites (N-methyl/N-ethyl adjacent to an activating group) is 2. The van der Waals surface area contributed by atoms with Crippen LogP contribution in [0.4, 0.5) is 0 Å². The molecule has 4 nitrogen and oxygen atoms in total. The fraction of sp³-hybridized carbons (Fsp3) is 0.462. The van der Waals surface area contributed by atoms with Crippen LogP contribution in [0.3, 0.4) is 0 Å². The van der Waals surface area contributed by atoms with Crippen molar-refractivity contribution in [1.82, 2.24) is 9.80 Å². The van der Waals surface area contributed by atoms with E-state index in [-0.39, 0.29) is 5.91 Å². The minimum absolute atomic E-state index is 0.109. The van der Waals surface area contributed by atoms with E-state index in [9.17, 15) is 4.79 Å². The topological polar surface area (TPSA) is 32.8 Å². The van der Waals surface area contributed by atoms with E-state index in [4.69, 9.17) is 4.74 Å². The van der Waals surface area contributed by atoms with E-state index in [1.54, 1.807) is 12.0 Å². The second kappa shape index (κ2) is 6.25. The average Bonchev–Trinajstić information content (AvgIpc) is 2.28. The third-order valence-electron chi connectivity index (χ3n) is 2.43. The highest BCUT2D eigenvalue weighted by Crippen LogP contribution is 2.13. The number of carbonyl (C=O) groups is 1. The van der Waals surface area contributed by atoms with Gasteiger partial charge < -0.3 is 14.5 Å². The summed E-state index contributed by atoms with van der Waals surface area (Å²) in [6.45, 7) is 1.03. The summed E-state index contributed by atoms with van der Waals surface area (Å²) in [5, 5.41) is 0. The van der Waals surface area contributed by atoms with Gasteiger partial charge in [-0.05, 0) is 31.8 Å². The Morgan fingerprint density at radius 3 is 2.59 bits per heavy atom. The molecule has 0 bridgehead atoms. The standard InChI is InChI=1S/C13H20N2O2/c1-14(2)10-13(16)15(3)9-11-6-5-7-12(8-11)17-4/h5-8H,9-10H2,1-4H3. The normalized spacial score (nSPS) is 10.4. The van der Waals surface area contributed by atoms with Gasteiger partial charge in [0.2, 0.25) is 5.91 Å². The van der Waals surface area contributed by atoms with E-state index in [2.05, 4.69) is 0 Å². The maximum Gasteiger partial charge on any atom is 0.236 e. The van der Waals surface area contributed by atoms with Gasteiger partial charge >= 0.3 is 0 Å². The Morgan fingerprint density at radius 2 is 2.00 bits per heavy atom. The summed E-state index contributed by atoms with van der Waals surface area (Å²) >= 11 is 0. The van der Waals surface area contributed by atoms with Crippen LogP contribution in [-0.4, -0.2) is 50.5 Å². The summed E-state index contributed by atoms with van der Waals surface area (Å²) in [6, 6.07) is 7.75. The number of hydrogen-bond donors (Lipinski definition) is 0. The highest BCUT2D eigenvalue weighted by Gasteiger charge is 2.10. The molecule has 0 unspecified atom stereocenters. The monoisotopic (exact) mass is 236 g/mol. The van der Waals surface area contributed by atoms with Gasteiger partial charge in [0.05, 0.1) is 13.7 Å². The number of hydrogen-bond acceptors (Lipinski definition) is 3. The summed E-state index contributed by atoms with van der Waals surface area (Å²) in [5.74, 6) is 0.925. The number of ether oxygens (including phenoxy) is 1. The molecule has 0 N–H and O–H groups in total. The number of benzene rings is 1. The first kappa shape index (κ1) is 13.5. The maximum atomic E-state index is 11.8. The zero-order valence-corrected chi connectivity index (χ0v) is 10.9. The van der Waals surface area contributed by atoms with Gasteiger partial charge in [0, 0.05) is 13.6 Å². The smallest absolute Gasteiger partial charge is 0.236 e. The summed E-state index contributed by atoms with van der Waals surface area (Å²) in [7, 11) is 7.22. The lowest BCUT2D eigenvalue weighted by Gasteiger charge is -2.19.